The van der Waals surface area contributed by atoms with Crippen LogP contribution in [0.3, 0.4) is 0 Å². The zero-order valence-corrected chi connectivity index (χ0v) is 8.72. The Labute approximate surface area is 94.6 Å². The molecule has 0 fully saturated rings. The standard InChI is InChI=1S/C10H8ClF3O2/c11-8(9(15)16)5-6-1-3-7(4-2-6)10(12,13)14/h1-4,8H,5H2,(H,15,16). The quantitative estimate of drug-likeness (QED) is 0.840. The second kappa shape index (κ2) is 4.74. The van der Waals surface area contributed by atoms with Crippen molar-refractivity contribution in [2.45, 2.75) is 18.0 Å². The van der Waals surface area contributed by atoms with E-state index in [1.807, 2.05) is 0 Å². The van der Waals surface area contributed by atoms with Gasteiger partial charge in [0.2, 0.25) is 0 Å². The number of hydrogen-bond donors (Lipinski definition) is 1. The van der Waals surface area contributed by atoms with Crippen LogP contribution in [0, 0.1) is 0 Å². The molecule has 6 heteroatoms. The van der Waals surface area contributed by atoms with Crippen molar-refractivity contribution in [1.82, 2.24) is 0 Å². The largest absolute Gasteiger partial charge is 0.480 e. The normalized spacial score (nSPS) is 13.5. The summed E-state index contributed by atoms with van der Waals surface area (Å²) in [5, 5.41) is 7.39. The number of carbonyl (C=O) groups is 1. The Hall–Kier alpha value is -1.23. The third-order valence-corrected chi connectivity index (χ3v) is 2.31. The molecule has 2 nitrogen and oxygen atoms in total. The van der Waals surface area contributed by atoms with Gasteiger partial charge in [-0.05, 0) is 24.1 Å². The van der Waals surface area contributed by atoms with Gasteiger partial charge in [-0.1, -0.05) is 12.1 Å². The van der Waals surface area contributed by atoms with Gasteiger partial charge >= 0.3 is 12.1 Å². The minimum Gasteiger partial charge on any atom is -0.480 e. The molecule has 0 aliphatic rings. The summed E-state index contributed by atoms with van der Waals surface area (Å²) in [5.74, 6) is -1.19. The molecule has 0 radical (unpaired) electrons. The van der Waals surface area contributed by atoms with Crippen molar-refractivity contribution in [3.05, 3.63) is 35.4 Å². The van der Waals surface area contributed by atoms with Gasteiger partial charge in [0.1, 0.15) is 5.38 Å². The van der Waals surface area contributed by atoms with Gasteiger partial charge in [-0.15, -0.1) is 11.6 Å². The van der Waals surface area contributed by atoms with E-state index in [0.29, 0.717) is 5.56 Å². The summed E-state index contributed by atoms with van der Waals surface area (Å²) in [5.41, 5.74) is -0.312. The van der Waals surface area contributed by atoms with Crippen molar-refractivity contribution >= 4 is 17.6 Å². The third kappa shape index (κ3) is 3.41. The topological polar surface area (TPSA) is 37.3 Å². The Morgan fingerprint density at radius 2 is 1.81 bits per heavy atom. The fourth-order valence-corrected chi connectivity index (χ4v) is 1.30. The molecule has 0 bridgehead atoms. The van der Waals surface area contributed by atoms with Crippen molar-refractivity contribution in [1.29, 1.82) is 0 Å². The zero-order valence-electron chi connectivity index (χ0n) is 7.96. The molecule has 0 saturated carbocycles. The molecule has 0 aliphatic heterocycles. The molecule has 1 aromatic rings. The molecule has 0 aromatic heterocycles. The minimum atomic E-state index is -4.38. The van der Waals surface area contributed by atoms with Crippen LogP contribution in [-0.2, 0) is 17.4 Å². The monoisotopic (exact) mass is 252 g/mol. The number of aliphatic carboxylic acids is 1. The van der Waals surface area contributed by atoms with Crippen LogP contribution in [0.4, 0.5) is 13.2 Å². The van der Waals surface area contributed by atoms with Gasteiger partial charge in [0.15, 0.2) is 0 Å². The Bertz CT molecular complexity index is 373. The van der Waals surface area contributed by atoms with E-state index in [1.165, 1.54) is 12.1 Å². The molecule has 1 atom stereocenters. The fraction of sp³-hybridized carbons (Fsp3) is 0.300. The molecular formula is C10H8ClF3O2. The zero-order chi connectivity index (χ0) is 12.3. The summed E-state index contributed by atoms with van der Waals surface area (Å²) in [6.07, 6.45) is -4.39. The Morgan fingerprint density at radius 1 is 1.31 bits per heavy atom. The predicted molar refractivity (Wildman–Crippen MR) is 52.4 cm³/mol. The molecule has 1 aromatic carbocycles. The number of carboxylic acids is 1. The van der Waals surface area contributed by atoms with Gasteiger partial charge in [0, 0.05) is 0 Å². The molecule has 0 saturated heterocycles. The molecular weight excluding hydrogens is 245 g/mol. The summed E-state index contributed by atoms with van der Waals surface area (Å²) in [7, 11) is 0. The highest BCUT2D eigenvalue weighted by Gasteiger charge is 2.30. The van der Waals surface area contributed by atoms with Gasteiger partial charge in [-0.3, -0.25) is 4.79 Å². The first kappa shape index (κ1) is 12.8. The van der Waals surface area contributed by atoms with Gasteiger partial charge in [-0.25, -0.2) is 0 Å². The Morgan fingerprint density at radius 3 is 2.19 bits per heavy atom. The molecule has 1 unspecified atom stereocenters. The van der Waals surface area contributed by atoms with E-state index in [0.717, 1.165) is 12.1 Å². The Balaban J connectivity index is 2.76. The van der Waals surface area contributed by atoms with Gasteiger partial charge in [0.05, 0.1) is 5.56 Å². The second-order valence-electron chi connectivity index (χ2n) is 3.20. The van der Waals surface area contributed by atoms with Crippen molar-refractivity contribution < 1.29 is 23.1 Å². The van der Waals surface area contributed by atoms with E-state index in [4.69, 9.17) is 16.7 Å². The number of carboxylic acid groups (broad SMARTS) is 1. The SMILES string of the molecule is O=C(O)C(Cl)Cc1ccc(C(F)(F)F)cc1. The highest BCUT2D eigenvalue weighted by atomic mass is 35.5. The average Bonchev–Trinajstić information content (AvgIpc) is 2.17. The van der Waals surface area contributed by atoms with E-state index in [-0.39, 0.29) is 6.42 Å². The van der Waals surface area contributed by atoms with Gasteiger partial charge in [0.25, 0.3) is 0 Å². The van der Waals surface area contributed by atoms with E-state index in [9.17, 15) is 18.0 Å². The van der Waals surface area contributed by atoms with Crippen LogP contribution in [0.1, 0.15) is 11.1 Å². The second-order valence-corrected chi connectivity index (χ2v) is 3.73. The number of hydrogen-bond acceptors (Lipinski definition) is 1. The van der Waals surface area contributed by atoms with Gasteiger partial charge in [-0.2, -0.15) is 13.2 Å². The third-order valence-electron chi connectivity index (χ3n) is 1.96. The maximum atomic E-state index is 12.2. The maximum absolute atomic E-state index is 12.2. The molecule has 0 aliphatic carbocycles. The molecule has 0 amide bonds. The van der Waals surface area contributed by atoms with Gasteiger partial charge < -0.3 is 5.11 Å². The smallest absolute Gasteiger partial charge is 0.416 e. The first-order valence-corrected chi connectivity index (χ1v) is 4.77. The van der Waals surface area contributed by atoms with E-state index in [2.05, 4.69) is 0 Å². The fourth-order valence-electron chi connectivity index (χ4n) is 1.12. The van der Waals surface area contributed by atoms with Crippen molar-refractivity contribution in [2.75, 3.05) is 0 Å². The summed E-state index contributed by atoms with van der Waals surface area (Å²) in [6, 6.07) is 4.25. The average molecular weight is 253 g/mol. The van der Waals surface area contributed by atoms with Crippen LogP contribution < -0.4 is 0 Å². The molecule has 0 heterocycles. The summed E-state index contributed by atoms with van der Waals surface area (Å²) in [6.45, 7) is 0. The van der Waals surface area contributed by atoms with Crippen LogP contribution in [0.25, 0.3) is 0 Å². The molecule has 88 valence electrons. The van der Waals surface area contributed by atoms with Crippen LogP contribution in [-0.4, -0.2) is 16.5 Å². The lowest BCUT2D eigenvalue weighted by Gasteiger charge is -2.08. The lowest BCUT2D eigenvalue weighted by atomic mass is 10.1. The van der Waals surface area contributed by atoms with E-state index >= 15 is 0 Å². The van der Waals surface area contributed by atoms with E-state index < -0.39 is 23.1 Å². The molecule has 1 N–H and O–H groups in total. The Kier molecular flexibility index (Phi) is 3.80. The maximum Gasteiger partial charge on any atom is 0.416 e. The van der Waals surface area contributed by atoms with Crippen molar-refractivity contribution in [2.24, 2.45) is 0 Å². The predicted octanol–water partition coefficient (Wildman–Crippen LogP) is 2.94. The first-order chi connectivity index (χ1) is 7.30. The van der Waals surface area contributed by atoms with Crippen LogP contribution in [0.15, 0.2) is 24.3 Å². The first-order valence-electron chi connectivity index (χ1n) is 4.33. The summed E-state index contributed by atoms with van der Waals surface area (Å²) < 4.78 is 36.6. The highest BCUT2D eigenvalue weighted by Crippen LogP contribution is 2.29. The number of alkyl halides is 4. The van der Waals surface area contributed by atoms with Crippen LogP contribution >= 0.6 is 11.6 Å². The van der Waals surface area contributed by atoms with Crippen molar-refractivity contribution in [3.63, 3.8) is 0 Å². The van der Waals surface area contributed by atoms with Crippen LogP contribution in [0.2, 0.25) is 0 Å². The number of rotatable bonds is 3. The van der Waals surface area contributed by atoms with Crippen molar-refractivity contribution in [3.8, 4) is 0 Å². The molecule has 16 heavy (non-hydrogen) atoms. The lowest BCUT2D eigenvalue weighted by molar-refractivity contribution is -0.138. The molecule has 1 rings (SSSR count). The van der Waals surface area contributed by atoms with Crippen LogP contribution in [0.5, 0.6) is 0 Å². The highest BCUT2D eigenvalue weighted by molar-refractivity contribution is 6.29. The lowest BCUT2D eigenvalue weighted by Crippen LogP contribution is -2.16. The van der Waals surface area contributed by atoms with E-state index in [1.54, 1.807) is 0 Å². The number of benzene rings is 1. The summed E-state index contributed by atoms with van der Waals surface area (Å²) >= 11 is 5.46. The number of halogens is 4. The molecule has 0 spiro atoms. The summed E-state index contributed by atoms with van der Waals surface area (Å²) in [4.78, 5) is 10.4. The minimum absolute atomic E-state index is 0.00493.